The number of hydrogen-bond acceptors (Lipinski definition) is 5. The fraction of sp³-hybridized carbons (Fsp3) is 0.103. The van der Waals surface area contributed by atoms with Crippen molar-refractivity contribution in [1.29, 1.82) is 5.26 Å². The van der Waals surface area contributed by atoms with Gasteiger partial charge in [-0.1, -0.05) is 66.2 Å². The third-order valence-electron chi connectivity index (χ3n) is 5.49. The van der Waals surface area contributed by atoms with Crippen LogP contribution >= 0.6 is 11.8 Å². The van der Waals surface area contributed by atoms with E-state index in [9.17, 15) is 14.9 Å². The number of pyridine rings is 1. The Kier molecular flexibility index (Phi) is 7.79. The van der Waals surface area contributed by atoms with Crippen molar-refractivity contribution in [3.8, 4) is 28.5 Å². The number of hydrogen-bond donors (Lipinski definition) is 2. The predicted octanol–water partition coefficient (Wildman–Crippen LogP) is 6.41. The van der Waals surface area contributed by atoms with E-state index in [2.05, 4.69) is 11.4 Å². The standard InChI is InChI=1S/C29H23N3O3S/c1-19-10-12-20(13-11-19)24-17-26(21-6-3-2-4-7-21)32-28(25(24)18-30)36-15-14-27(33)31-23-9-5-8-22(16-23)29(34)35/h2-13,16-17H,14-15H2,1H3,(H,31,33)(H,34,35). The van der Waals surface area contributed by atoms with Gasteiger partial charge in [-0.05, 0) is 36.8 Å². The number of aromatic nitrogens is 1. The number of anilines is 1. The second-order valence-electron chi connectivity index (χ2n) is 8.11. The minimum atomic E-state index is -1.06. The Hall–Kier alpha value is -4.41. The summed E-state index contributed by atoms with van der Waals surface area (Å²) in [5.41, 5.74) is 5.54. The van der Waals surface area contributed by atoms with E-state index in [1.165, 1.54) is 23.9 Å². The number of carboxylic acid groups (broad SMARTS) is 1. The number of aromatic carboxylic acids is 1. The highest BCUT2D eigenvalue weighted by Crippen LogP contribution is 2.34. The summed E-state index contributed by atoms with van der Waals surface area (Å²) in [5, 5.41) is 22.4. The molecule has 6 nitrogen and oxygen atoms in total. The van der Waals surface area contributed by atoms with E-state index in [1.807, 2.05) is 67.6 Å². The van der Waals surface area contributed by atoms with Crippen LogP contribution in [-0.4, -0.2) is 27.7 Å². The third-order valence-corrected chi connectivity index (χ3v) is 6.47. The number of amides is 1. The number of nitrogens with one attached hydrogen (secondary N) is 1. The molecule has 4 aromatic rings. The second kappa shape index (κ2) is 11.3. The molecule has 0 bridgehead atoms. The topological polar surface area (TPSA) is 103 Å². The zero-order valence-corrected chi connectivity index (χ0v) is 20.4. The Balaban J connectivity index is 1.57. The number of carboxylic acids is 1. The second-order valence-corrected chi connectivity index (χ2v) is 9.20. The summed E-state index contributed by atoms with van der Waals surface area (Å²) in [6, 6.07) is 28.1. The molecule has 0 saturated carbocycles. The van der Waals surface area contributed by atoms with Gasteiger partial charge in [-0.25, -0.2) is 9.78 Å². The molecule has 1 amide bonds. The van der Waals surface area contributed by atoms with E-state index in [4.69, 9.17) is 10.1 Å². The summed E-state index contributed by atoms with van der Waals surface area (Å²) in [4.78, 5) is 28.4. The van der Waals surface area contributed by atoms with Crippen LogP contribution in [0, 0.1) is 18.3 Å². The summed E-state index contributed by atoms with van der Waals surface area (Å²) in [6.07, 6.45) is 0.171. The number of aryl methyl sites for hydroxylation is 1. The first-order valence-electron chi connectivity index (χ1n) is 11.3. The smallest absolute Gasteiger partial charge is 0.335 e. The van der Waals surface area contributed by atoms with Crippen molar-refractivity contribution in [2.24, 2.45) is 0 Å². The summed E-state index contributed by atoms with van der Waals surface area (Å²) in [7, 11) is 0. The number of nitrogens with zero attached hydrogens (tertiary/aromatic N) is 2. The van der Waals surface area contributed by atoms with E-state index in [1.54, 1.807) is 12.1 Å². The highest BCUT2D eigenvalue weighted by Gasteiger charge is 2.16. The Morgan fingerprint density at radius 2 is 1.72 bits per heavy atom. The number of thioether (sulfide) groups is 1. The van der Waals surface area contributed by atoms with E-state index in [0.29, 0.717) is 22.0 Å². The minimum absolute atomic E-state index is 0.103. The van der Waals surface area contributed by atoms with Crippen LogP contribution in [0.3, 0.4) is 0 Å². The molecule has 1 heterocycles. The summed E-state index contributed by atoms with van der Waals surface area (Å²) < 4.78 is 0. The minimum Gasteiger partial charge on any atom is -0.478 e. The van der Waals surface area contributed by atoms with Gasteiger partial charge in [0.2, 0.25) is 5.91 Å². The predicted molar refractivity (Wildman–Crippen MR) is 142 cm³/mol. The van der Waals surface area contributed by atoms with Crippen molar-refractivity contribution >= 4 is 29.3 Å². The normalized spacial score (nSPS) is 10.4. The Morgan fingerprint density at radius 3 is 2.42 bits per heavy atom. The van der Waals surface area contributed by atoms with Crippen LogP contribution < -0.4 is 5.32 Å². The first-order valence-corrected chi connectivity index (χ1v) is 12.3. The zero-order valence-electron chi connectivity index (χ0n) is 19.6. The SMILES string of the molecule is Cc1ccc(-c2cc(-c3ccccc3)nc(SCCC(=O)Nc3cccc(C(=O)O)c3)c2C#N)cc1. The Labute approximate surface area is 213 Å². The molecule has 0 aliphatic heterocycles. The average Bonchev–Trinajstić information content (AvgIpc) is 2.89. The largest absolute Gasteiger partial charge is 0.478 e. The maximum absolute atomic E-state index is 12.5. The van der Waals surface area contributed by atoms with Gasteiger partial charge in [0.05, 0.1) is 16.8 Å². The Bertz CT molecular complexity index is 1450. The number of benzene rings is 3. The lowest BCUT2D eigenvalue weighted by Crippen LogP contribution is -2.12. The van der Waals surface area contributed by atoms with Gasteiger partial charge >= 0.3 is 5.97 Å². The van der Waals surface area contributed by atoms with Crippen molar-refractivity contribution in [3.05, 3.63) is 102 Å². The molecule has 36 heavy (non-hydrogen) atoms. The Morgan fingerprint density at radius 1 is 0.972 bits per heavy atom. The van der Waals surface area contributed by atoms with E-state index < -0.39 is 5.97 Å². The van der Waals surface area contributed by atoms with Crippen LogP contribution in [0.1, 0.15) is 27.9 Å². The zero-order chi connectivity index (χ0) is 25.5. The van der Waals surface area contributed by atoms with Crippen LogP contribution in [0.2, 0.25) is 0 Å². The molecule has 0 atom stereocenters. The van der Waals surface area contributed by atoms with Gasteiger partial charge in [0.25, 0.3) is 0 Å². The number of carbonyl (C=O) groups excluding carboxylic acids is 1. The highest BCUT2D eigenvalue weighted by molar-refractivity contribution is 7.99. The van der Waals surface area contributed by atoms with Gasteiger partial charge in [-0.3, -0.25) is 4.79 Å². The number of rotatable bonds is 8. The molecule has 0 fully saturated rings. The van der Waals surface area contributed by atoms with Crippen LogP contribution in [0.25, 0.3) is 22.4 Å². The maximum atomic E-state index is 12.5. The van der Waals surface area contributed by atoms with Crippen molar-refractivity contribution in [3.63, 3.8) is 0 Å². The van der Waals surface area contributed by atoms with Gasteiger partial charge in [-0.2, -0.15) is 5.26 Å². The number of carbonyl (C=O) groups is 2. The highest BCUT2D eigenvalue weighted by atomic mass is 32.2. The molecule has 2 N–H and O–H groups in total. The van der Waals surface area contributed by atoms with Crippen LogP contribution in [0.15, 0.2) is 90.0 Å². The van der Waals surface area contributed by atoms with E-state index in [0.717, 1.165) is 27.9 Å². The quantitative estimate of drug-likeness (QED) is 0.275. The van der Waals surface area contributed by atoms with Crippen LogP contribution in [-0.2, 0) is 4.79 Å². The van der Waals surface area contributed by atoms with Gasteiger partial charge in [0, 0.05) is 29.0 Å². The molecule has 0 radical (unpaired) electrons. The first-order chi connectivity index (χ1) is 17.4. The molecular weight excluding hydrogens is 470 g/mol. The third kappa shape index (κ3) is 5.98. The van der Waals surface area contributed by atoms with E-state index >= 15 is 0 Å². The summed E-state index contributed by atoms with van der Waals surface area (Å²) in [6.45, 7) is 2.02. The lowest BCUT2D eigenvalue weighted by molar-refractivity contribution is -0.115. The van der Waals surface area contributed by atoms with Crippen molar-refractivity contribution < 1.29 is 14.7 Å². The summed E-state index contributed by atoms with van der Waals surface area (Å²) >= 11 is 1.35. The van der Waals surface area contributed by atoms with Gasteiger partial charge in [0.15, 0.2) is 0 Å². The molecule has 4 rings (SSSR count). The van der Waals surface area contributed by atoms with Crippen LogP contribution in [0.4, 0.5) is 5.69 Å². The monoisotopic (exact) mass is 493 g/mol. The van der Waals surface area contributed by atoms with E-state index in [-0.39, 0.29) is 17.9 Å². The molecule has 1 aromatic heterocycles. The van der Waals surface area contributed by atoms with Crippen molar-refractivity contribution in [1.82, 2.24) is 4.98 Å². The molecule has 0 spiro atoms. The number of nitriles is 1. The molecule has 0 aliphatic carbocycles. The van der Waals surface area contributed by atoms with Gasteiger partial charge < -0.3 is 10.4 Å². The molecule has 0 aliphatic rings. The fourth-order valence-corrected chi connectivity index (χ4v) is 4.59. The molecule has 0 unspecified atom stereocenters. The van der Waals surface area contributed by atoms with Crippen molar-refractivity contribution in [2.45, 2.75) is 18.4 Å². The van der Waals surface area contributed by atoms with Gasteiger partial charge in [0.1, 0.15) is 11.1 Å². The average molecular weight is 494 g/mol. The molecular formula is C29H23N3O3S. The molecule has 7 heteroatoms. The van der Waals surface area contributed by atoms with Gasteiger partial charge in [-0.15, -0.1) is 11.8 Å². The molecule has 0 saturated heterocycles. The maximum Gasteiger partial charge on any atom is 0.335 e. The van der Waals surface area contributed by atoms with Crippen molar-refractivity contribution in [2.75, 3.05) is 11.1 Å². The summed E-state index contributed by atoms with van der Waals surface area (Å²) in [5.74, 6) is -0.904. The fourth-order valence-electron chi connectivity index (χ4n) is 3.65. The lowest BCUT2D eigenvalue weighted by Gasteiger charge is -2.13. The molecule has 3 aromatic carbocycles. The first kappa shape index (κ1) is 24.7. The van der Waals surface area contributed by atoms with Crippen LogP contribution in [0.5, 0.6) is 0 Å². The molecule has 178 valence electrons. The lowest BCUT2D eigenvalue weighted by atomic mass is 9.98.